The van der Waals surface area contributed by atoms with Gasteiger partial charge in [-0.2, -0.15) is 4.31 Å². The monoisotopic (exact) mass is 364 g/mol. The molecule has 2 heterocycles. The minimum atomic E-state index is -3.46. The van der Waals surface area contributed by atoms with Crippen LogP contribution in [0, 0.1) is 6.92 Å². The van der Waals surface area contributed by atoms with Crippen molar-refractivity contribution >= 4 is 10.0 Å². The summed E-state index contributed by atoms with van der Waals surface area (Å²) >= 11 is 0. The van der Waals surface area contributed by atoms with Gasteiger partial charge in [0.05, 0.1) is 18.3 Å². The van der Waals surface area contributed by atoms with Crippen molar-refractivity contribution in [1.82, 2.24) is 18.8 Å². The molecule has 25 heavy (non-hydrogen) atoms. The molecule has 0 spiro atoms. The molecule has 3 rings (SSSR count). The lowest BCUT2D eigenvalue weighted by atomic mass is 10.2. The number of hydrogen-bond donors (Lipinski definition) is 0. The van der Waals surface area contributed by atoms with Gasteiger partial charge in [-0.1, -0.05) is 0 Å². The normalized spacial score (nSPS) is 16.9. The van der Waals surface area contributed by atoms with Crippen LogP contribution in [0.2, 0.25) is 0 Å². The molecule has 0 N–H and O–H groups in total. The van der Waals surface area contributed by atoms with Crippen LogP contribution >= 0.6 is 0 Å². The molecule has 0 unspecified atom stereocenters. The summed E-state index contributed by atoms with van der Waals surface area (Å²) < 4.78 is 34.5. The van der Waals surface area contributed by atoms with E-state index >= 15 is 0 Å². The summed E-state index contributed by atoms with van der Waals surface area (Å²) in [6.45, 7) is 6.11. The van der Waals surface area contributed by atoms with Crippen LogP contribution in [0.5, 0.6) is 5.75 Å². The van der Waals surface area contributed by atoms with Crippen molar-refractivity contribution in [3.05, 3.63) is 42.5 Å². The van der Waals surface area contributed by atoms with Crippen molar-refractivity contribution in [3.8, 4) is 5.75 Å². The van der Waals surface area contributed by atoms with E-state index in [4.69, 9.17) is 4.74 Å². The van der Waals surface area contributed by atoms with Crippen molar-refractivity contribution in [1.29, 1.82) is 0 Å². The molecule has 1 aliphatic rings. The summed E-state index contributed by atoms with van der Waals surface area (Å²) in [5, 5.41) is 0. The van der Waals surface area contributed by atoms with Gasteiger partial charge in [0.1, 0.15) is 5.75 Å². The molecule has 1 aromatic heterocycles. The molecule has 0 bridgehead atoms. The van der Waals surface area contributed by atoms with E-state index in [0.717, 1.165) is 31.7 Å². The first kappa shape index (κ1) is 17.9. The van der Waals surface area contributed by atoms with E-state index in [2.05, 4.69) is 9.88 Å². The van der Waals surface area contributed by atoms with Gasteiger partial charge in [0, 0.05) is 51.7 Å². The number of aromatic nitrogens is 2. The van der Waals surface area contributed by atoms with Gasteiger partial charge in [0.15, 0.2) is 0 Å². The molecule has 8 heteroatoms. The molecular formula is C17H24N4O3S. The predicted molar refractivity (Wildman–Crippen MR) is 95.2 cm³/mol. The van der Waals surface area contributed by atoms with E-state index in [9.17, 15) is 8.42 Å². The van der Waals surface area contributed by atoms with Crippen molar-refractivity contribution in [2.75, 3.05) is 39.8 Å². The van der Waals surface area contributed by atoms with E-state index in [1.54, 1.807) is 42.1 Å². The fourth-order valence-electron chi connectivity index (χ4n) is 3.03. The molecular weight excluding hydrogens is 340 g/mol. The first-order valence-corrected chi connectivity index (χ1v) is 9.77. The van der Waals surface area contributed by atoms with E-state index in [-0.39, 0.29) is 0 Å². The molecule has 136 valence electrons. The second-order valence-corrected chi connectivity index (χ2v) is 8.12. The van der Waals surface area contributed by atoms with Crippen LogP contribution in [0.4, 0.5) is 0 Å². The highest BCUT2D eigenvalue weighted by Crippen LogP contribution is 2.24. The lowest BCUT2D eigenvalue weighted by molar-refractivity contribution is 0.183. The Bertz CT molecular complexity index is 797. The number of nitrogens with zero attached hydrogens (tertiary/aromatic N) is 4. The molecule has 2 aromatic rings. The van der Waals surface area contributed by atoms with Crippen molar-refractivity contribution in [3.63, 3.8) is 0 Å². The topological polar surface area (TPSA) is 67.7 Å². The zero-order valence-corrected chi connectivity index (χ0v) is 15.4. The second kappa shape index (κ2) is 7.55. The highest BCUT2D eigenvalue weighted by atomic mass is 32.2. The Morgan fingerprint density at radius 2 is 1.92 bits per heavy atom. The third-order valence-corrected chi connectivity index (χ3v) is 6.46. The molecule has 0 aliphatic carbocycles. The third-order valence-electron chi connectivity index (χ3n) is 4.57. The van der Waals surface area contributed by atoms with Gasteiger partial charge in [-0.25, -0.2) is 13.4 Å². The number of imidazole rings is 1. The van der Waals surface area contributed by atoms with Gasteiger partial charge in [0.25, 0.3) is 0 Å². The number of aryl methyl sites for hydroxylation is 1. The summed E-state index contributed by atoms with van der Waals surface area (Å²) in [5.74, 6) is 0.697. The molecule has 1 fully saturated rings. The first-order chi connectivity index (χ1) is 12.0. The lowest BCUT2D eigenvalue weighted by Crippen LogP contribution is -2.49. The standard InChI is InChI=1S/C17H24N4O3S/c1-15-13-16(3-4-17(15)24-2)25(22,23)21-11-9-19(10-12-21)7-8-20-6-5-18-14-20/h3-6,13-14H,7-12H2,1-2H3. The minimum Gasteiger partial charge on any atom is -0.496 e. The third kappa shape index (κ3) is 4.02. The van der Waals surface area contributed by atoms with Crippen LogP contribution in [0.25, 0.3) is 0 Å². The Morgan fingerprint density at radius 3 is 2.52 bits per heavy atom. The summed E-state index contributed by atoms with van der Waals surface area (Å²) in [6.07, 6.45) is 5.50. The van der Waals surface area contributed by atoms with Gasteiger partial charge in [-0.05, 0) is 30.7 Å². The van der Waals surface area contributed by atoms with Gasteiger partial charge < -0.3 is 9.30 Å². The highest BCUT2D eigenvalue weighted by Gasteiger charge is 2.28. The Balaban J connectivity index is 1.60. The maximum absolute atomic E-state index is 12.8. The number of sulfonamides is 1. The lowest BCUT2D eigenvalue weighted by Gasteiger charge is -2.34. The first-order valence-electron chi connectivity index (χ1n) is 8.33. The SMILES string of the molecule is COc1ccc(S(=O)(=O)N2CCN(CCn3ccnc3)CC2)cc1C. The van der Waals surface area contributed by atoms with Crippen LogP contribution < -0.4 is 4.74 Å². The summed E-state index contributed by atoms with van der Waals surface area (Å²) in [6, 6.07) is 5.01. The van der Waals surface area contributed by atoms with Gasteiger partial charge in [0.2, 0.25) is 10.0 Å². The van der Waals surface area contributed by atoms with Gasteiger partial charge in [-0.3, -0.25) is 4.90 Å². The van der Waals surface area contributed by atoms with Crippen LogP contribution in [0.3, 0.4) is 0 Å². The number of piperazine rings is 1. The Hall–Kier alpha value is -1.90. The molecule has 7 nitrogen and oxygen atoms in total. The second-order valence-electron chi connectivity index (χ2n) is 6.18. The maximum atomic E-state index is 12.8. The number of hydrogen-bond acceptors (Lipinski definition) is 5. The predicted octanol–water partition coefficient (Wildman–Crippen LogP) is 1.21. The minimum absolute atomic E-state index is 0.331. The number of benzene rings is 1. The summed E-state index contributed by atoms with van der Waals surface area (Å²) in [4.78, 5) is 6.65. The molecule has 0 atom stereocenters. The molecule has 0 amide bonds. The number of methoxy groups -OCH3 is 1. The summed E-state index contributed by atoms with van der Waals surface area (Å²) in [7, 11) is -1.87. The smallest absolute Gasteiger partial charge is 0.243 e. The highest BCUT2D eigenvalue weighted by molar-refractivity contribution is 7.89. The zero-order chi connectivity index (χ0) is 17.9. The molecule has 0 saturated carbocycles. The van der Waals surface area contributed by atoms with Crippen molar-refractivity contribution in [2.24, 2.45) is 0 Å². The number of ether oxygens (including phenoxy) is 1. The van der Waals surface area contributed by atoms with E-state index in [0.29, 0.717) is 23.7 Å². The number of rotatable bonds is 6. The molecule has 0 radical (unpaired) electrons. The van der Waals surface area contributed by atoms with Gasteiger partial charge in [-0.15, -0.1) is 0 Å². The quantitative estimate of drug-likeness (QED) is 0.771. The Morgan fingerprint density at radius 1 is 1.16 bits per heavy atom. The molecule has 1 saturated heterocycles. The fourth-order valence-corrected chi connectivity index (χ4v) is 4.54. The van der Waals surface area contributed by atoms with Crippen molar-refractivity contribution in [2.45, 2.75) is 18.4 Å². The Labute approximate surface area is 148 Å². The molecule has 1 aliphatic heterocycles. The van der Waals surface area contributed by atoms with E-state index < -0.39 is 10.0 Å². The van der Waals surface area contributed by atoms with Gasteiger partial charge >= 0.3 is 0 Å². The maximum Gasteiger partial charge on any atom is 0.243 e. The zero-order valence-electron chi connectivity index (χ0n) is 14.6. The van der Waals surface area contributed by atoms with E-state index in [1.807, 2.05) is 17.7 Å². The van der Waals surface area contributed by atoms with Crippen molar-refractivity contribution < 1.29 is 13.2 Å². The average molecular weight is 364 g/mol. The van der Waals surface area contributed by atoms with Crippen LogP contribution in [-0.4, -0.2) is 67.0 Å². The largest absolute Gasteiger partial charge is 0.496 e. The van der Waals surface area contributed by atoms with Crippen LogP contribution in [-0.2, 0) is 16.6 Å². The molecule has 1 aromatic carbocycles. The van der Waals surface area contributed by atoms with Crippen LogP contribution in [0.1, 0.15) is 5.56 Å². The Kier molecular flexibility index (Phi) is 5.41. The fraction of sp³-hybridized carbons (Fsp3) is 0.471. The van der Waals surface area contributed by atoms with E-state index in [1.165, 1.54) is 0 Å². The summed E-state index contributed by atoms with van der Waals surface area (Å²) in [5.41, 5.74) is 0.822. The van der Waals surface area contributed by atoms with Crippen LogP contribution in [0.15, 0.2) is 41.8 Å². The average Bonchev–Trinajstić information content (AvgIpc) is 3.14.